The van der Waals surface area contributed by atoms with Gasteiger partial charge in [-0.05, 0) is 43.3 Å². The third-order valence-corrected chi connectivity index (χ3v) is 3.74. The molecule has 0 aliphatic carbocycles. The molecule has 0 unspecified atom stereocenters. The van der Waals surface area contributed by atoms with Gasteiger partial charge in [-0.15, -0.1) is 0 Å². The maximum absolute atomic E-state index is 13.2. The fraction of sp³-hybridized carbons (Fsp3) is 0.158. The molecule has 0 aliphatic rings. The van der Waals surface area contributed by atoms with E-state index in [-0.39, 0.29) is 24.9 Å². The van der Waals surface area contributed by atoms with Gasteiger partial charge in [0.15, 0.2) is 0 Å². The van der Waals surface area contributed by atoms with Crippen molar-refractivity contribution in [3.05, 3.63) is 66.1 Å². The number of ether oxygens (including phenoxy) is 1. The summed E-state index contributed by atoms with van der Waals surface area (Å²) in [7, 11) is 0. The highest BCUT2D eigenvalue weighted by atomic mass is 19.1. The topological polar surface area (TPSA) is 60.3 Å². The molecule has 1 N–H and O–H groups in total. The SMILES string of the molecule is CCOC(=O)c1ccccc1NC(=O)Cn1ccc2cc(F)ccc21. The molecule has 0 radical (unpaired) electrons. The van der Waals surface area contributed by atoms with Gasteiger partial charge in [0.05, 0.1) is 17.9 Å². The predicted octanol–water partition coefficient (Wildman–Crippen LogP) is 3.60. The number of carbonyl (C=O) groups is 2. The van der Waals surface area contributed by atoms with Crippen LogP contribution in [0.2, 0.25) is 0 Å². The molecule has 5 nitrogen and oxygen atoms in total. The van der Waals surface area contributed by atoms with Crippen molar-refractivity contribution in [2.24, 2.45) is 0 Å². The van der Waals surface area contributed by atoms with E-state index in [0.717, 1.165) is 10.9 Å². The number of esters is 1. The smallest absolute Gasteiger partial charge is 0.340 e. The Morgan fingerprint density at radius 3 is 2.76 bits per heavy atom. The molecule has 0 spiro atoms. The maximum Gasteiger partial charge on any atom is 0.340 e. The third kappa shape index (κ3) is 3.68. The third-order valence-electron chi connectivity index (χ3n) is 3.74. The lowest BCUT2D eigenvalue weighted by Crippen LogP contribution is -2.20. The second-order valence-corrected chi connectivity index (χ2v) is 5.46. The molecule has 3 aromatic rings. The van der Waals surface area contributed by atoms with Gasteiger partial charge in [-0.2, -0.15) is 0 Å². The zero-order chi connectivity index (χ0) is 17.8. The average Bonchev–Trinajstić information content (AvgIpc) is 2.97. The van der Waals surface area contributed by atoms with E-state index >= 15 is 0 Å². The van der Waals surface area contributed by atoms with Gasteiger partial charge in [-0.3, -0.25) is 4.79 Å². The number of rotatable bonds is 5. The Hall–Kier alpha value is -3.15. The van der Waals surface area contributed by atoms with Crippen LogP contribution < -0.4 is 5.32 Å². The maximum atomic E-state index is 13.2. The van der Waals surface area contributed by atoms with Crippen molar-refractivity contribution < 1.29 is 18.7 Å². The first kappa shape index (κ1) is 16.7. The number of hydrogen-bond donors (Lipinski definition) is 1. The first-order valence-electron chi connectivity index (χ1n) is 7.89. The van der Waals surface area contributed by atoms with Crippen LogP contribution in [0.4, 0.5) is 10.1 Å². The van der Waals surface area contributed by atoms with Gasteiger partial charge >= 0.3 is 5.97 Å². The van der Waals surface area contributed by atoms with Crippen LogP contribution in [0.25, 0.3) is 10.9 Å². The molecule has 3 rings (SSSR count). The van der Waals surface area contributed by atoms with E-state index in [1.165, 1.54) is 12.1 Å². The molecule has 0 aliphatic heterocycles. The van der Waals surface area contributed by atoms with E-state index in [1.54, 1.807) is 54.1 Å². The molecule has 25 heavy (non-hydrogen) atoms. The summed E-state index contributed by atoms with van der Waals surface area (Å²) in [6.45, 7) is 2.03. The Bertz CT molecular complexity index is 933. The lowest BCUT2D eigenvalue weighted by molar-refractivity contribution is -0.116. The van der Waals surface area contributed by atoms with Gasteiger partial charge < -0.3 is 14.6 Å². The van der Waals surface area contributed by atoms with Gasteiger partial charge in [0.25, 0.3) is 0 Å². The number of benzene rings is 2. The molecule has 128 valence electrons. The summed E-state index contributed by atoms with van der Waals surface area (Å²) < 4.78 is 20.0. The van der Waals surface area contributed by atoms with Gasteiger partial charge in [0, 0.05) is 17.1 Å². The quantitative estimate of drug-likeness (QED) is 0.722. The standard InChI is InChI=1S/C19H17FN2O3/c1-2-25-19(24)15-5-3-4-6-16(15)21-18(23)12-22-10-9-13-11-14(20)7-8-17(13)22/h3-11H,2,12H2,1H3,(H,21,23). The van der Waals surface area contributed by atoms with Crippen molar-refractivity contribution in [3.63, 3.8) is 0 Å². The summed E-state index contributed by atoms with van der Waals surface area (Å²) in [5.74, 6) is -1.10. The number of halogens is 1. The number of para-hydroxylation sites is 1. The van der Waals surface area contributed by atoms with E-state index in [0.29, 0.717) is 11.3 Å². The zero-order valence-corrected chi connectivity index (χ0v) is 13.7. The van der Waals surface area contributed by atoms with Crippen molar-refractivity contribution in [2.75, 3.05) is 11.9 Å². The van der Waals surface area contributed by atoms with Gasteiger partial charge in [-0.1, -0.05) is 12.1 Å². The van der Waals surface area contributed by atoms with Crippen molar-refractivity contribution >= 4 is 28.5 Å². The minimum Gasteiger partial charge on any atom is -0.462 e. The molecule has 1 heterocycles. The van der Waals surface area contributed by atoms with E-state index in [2.05, 4.69) is 5.32 Å². The monoisotopic (exact) mass is 340 g/mol. The molecule has 0 saturated heterocycles. The summed E-state index contributed by atoms with van der Waals surface area (Å²) >= 11 is 0. The van der Waals surface area contributed by atoms with Crippen LogP contribution in [0.3, 0.4) is 0 Å². The van der Waals surface area contributed by atoms with Crippen LogP contribution >= 0.6 is 0 Å². The second kappa shape index (κ2) is 7.17. The molecule has 0 bridgehead atoms. The number of nitrogens with one attached hydrogen (secondary N) is 1. The Labute approximate surface area is 144 Å². The Kier molecular flexibility index (Phi) is 4.79. The fourth-order valence-electron chi connectivity index (χ4n) is 2.63. The van der Waals surface area contributed by atoms with Crippen LogP contribution in [0, 0.1) is 5.82 Å². The lowest BCUT2D eigenvalue weighted by Gasteiger charge is -2.11. The summed E-state index contributed by atoms with van der Waals surface area (Å²) in [6.07, 6.45) is 1.72. The highest BCUT2D eigenvalue weighted by Gasteiger charge is 2.14. The van der Waals surface area contributed by atoms with Gasteiger partial charge in [-0.25, -0.2) is 9.18 Å². The molecule has 1 amide bonds. The summed E-state index contributed by atoms with van der Waals surface area (Å²) in [6, 6.07) is 12.8. The summed E-state index contributed by atoms with van der Waals surface area (Å²) in [5, 5.41) is 3.45. The number of anilines is 1. The first-order valence-corrected chi connectivity index (χ1v) is 7.89. The fourth-order valence-corrected chi connectivity index (χ4v) is 2.63. The Morgan fingerprint density at radius 1 is 1.16 bits per heavy atom. The van der Waals surface area contributed by atoms with Gasteiger partial charge in [0.2, 0.25) is 5.91 Å². The number of aromatic nitrogens is 1. The Balaban J connectivity index is 1.78. The van der Waals surface area contributed by atoms with E-state index < -0.39 is 5.97 Å². The molecule has 2 aromatic carbocycles. The molecule has 1 aromatic heterocycles. The number of nitrogens with zero attached hydrogens (tertiary/aromatic N) is 1. The zero-order valence-electron chi connectivity index (χ0n) is 13.7. The van der Waals surface area contributed by atoms with E-state index in [9.17, 15) is 14.0 Å². The normalized spacial score (nSPS) is 10.6. The summed E-state index contributed by atoms with van der Waals surface area (Å²) in [4.78, 5) is 24.3. The van der Waals surface area contributed by atoms with Crippen molar-refractivity contribution in [3.8, 4) is 0 Å². The van der Waals surface area contributed by atoms with Crippen LogP contribution in [0.5, 0.6) is 0 Å². The number of fused-ring (bicyclic) bond motifs is 1. The molecule has 6 heteroatoms. The first-order chi connectivity index (χ1) is 12.1. The number of carbonyl (C=O) groups excluding carboxylic acids is 2. The van der Waals surface area contributed by atoms with E-state index in [4.69, 9.17) is 4.74 Å². The highest BCUT2D eigenvalue weighted by molar-refractivity contribution is 6.01. The van der Waals surface area contributed by atoms with Crippen LogP contribution in [-0.2, 0) is 16.1 Å². The highest BCUT2D eigenvalue weighted by Crippen LogP contribution is 2.19. The molecular weight excluding hydrogens is 323 g/mol. The van der Waals surface area contributed by atoms with Crippen LogP contribution in [0.15, 0.2) is 54.7 Å². The Morgan fingerprint density at radius 2 is 1.96 bits per heavy atom. The van der Waals surface area contributed by atoms with E-state index in [1.807, 2.05) is 0 Å². The summed E-state index contributed by atoms with van der Waals surface area (Å²) in [5.41, 5.74) is 1.46. The second-order valence-electron chi connectivity index (χ2n) is 5.46. The largest absolute Gasteiger partial charge is 0.462 e. The minimum atomic E-state index is -0.486. The van der Waals surface area contributed by atoms with Crippen molar-refractivity contribution in [2.45, 2.75) is 13.5 Å². The minimum absolute atomic E-state index is 0.0479. The molecule has 0 saturated carbocycles. The molecule has 0 fully saturated rings. The van der Waals surface area contributed by atoms with Crippen LogP contribution in [-0.4, -0.2) is 23.1 Å². The van der Waals surface area contributed by atoms with Gasteiger partial charge in [0.1, 0.15) is 12.4 Å². The van der Waals surface area contributed by atoms with Crippen LogP contribution in [0.1, 0.15) is 17.3 Å². The number of amides is 1. The number of hydrogen-bond acceptors (Lipinski definition) is 3. The molecular formula is C19H17FN2O3. The lowest BCUT2D eigenvalue weighted by atomic mass is 10.2. The average molecular weight is 340 g/mol. The molecule has 0 atom stereocenters. The predicted molar refractivity (Wildman–Crippen MR) is 92.9 cm³/mol. The van der Waals surface area contributed by atoms with Crippen molar-refractivity contribution in [1.29, 1.82) is 0 Å². The van der Waals surface area contributed by atoms with Crippen molar-refractivity contribution in [1.82, 2.24) is 4.57 Å².